The molecule has 0 fully saturated rings. The standard InChI is InChI=1S/C23H27N5O2/c1-14(22(29)27-13-15-7-9-16(10-8-15)21(25)26-2)28-23(30)20(24)19-11-17-5-3-4-6-18(17)12-19/h3-10,19-20H,1,11-13,24H2,2H3,(H2,25,26)(H,27,29)(H,28,30)/t20-/m1/s1. The van der Waals surface area contributed by atoms with Crippen molar-refractivity contribution < 1.29 is 9.59 Å². The number of rotatable bonds is 7. The van der Waals surface area contributed by atoms with Gasteiger partial charge >= 0.3 is 0 Å². The van der Waals surface area contributed by atoms with Crippen molar-refractivity contribution in [3.05, 3.63) is 83.1 Å². The molecular formula is C23H27N5O2. The maximum Gasteiger partial charge on any atom is 0.267 e. The summed E-state index contributed by atoms with van der Waals surface area (Å²) in [5.74, 6) is -0.394. The second-order valence-corrected chi connectivity index (χ2v) is 7.42. The summed E-state index contributed by atoms with van der Waals surface area (Å²) in [6, 6.07) is 14.7. The summed E-state index contributed by atoms with van der Waals surface area (Å²) in [6.07, 6.45) is 1.51. The quantitative estimate of drug-likeness (QED) is 0.312. The molecule has 156 valence electrons. The zero-order valence-corrected chi connectivity index (χ0v) is 17.0. The van der Waals surface area contributed by atoms with E-state index in [2.05, 4.69) is 34.3 Å². The fraction of sp³-hybridized carbons (Fsp3) is 0.261. The van der Waals surface area contributed by atoms with Crippen molar-refractivity contribution in [1.82, 2.24) is 10.6 Å². The number of benzene rings is 2. The molecule has 0 aliphatic heterocycles. The molecule has 7 heteroatoms. The summed E-state index contributed by atoms with van der Waals surface area (Å²) in [6.45, 7) is 3.96. The average Bonchev–Trinajstić information content (AvgIpc) is 3.20. The monoisotopic (exact) mass is 405 g/mol. The van der Waals surface area contributed by atoms with E-state index in [9.17, 15) is 9.59 Å². The number of hydrogen-bond acceptors (Lipinski definition) is 4. The first-order valence-electron chi connectivity index (χ1n) is 9.81. The van der Waals surface area contributed by atoms with Crippen molar-refractivity contribution in [2.45, 2.75) is 25.4 Å². The van der Waals surface area contributed by atoms with Gasteiger partial charge in [-0.3, -0.25) is 14.6 Å². The van der Waals surface area contributed by atoms with Crippen LogP contribution in [-0.2, 0) is 29.0 Å². The maximum atomic E-state index is 12.5. The first-order valence-corrected chi connectivity index (χ1v) is 9.81. The topological polar surface area (TPSA) is 123 Å². The molecule has 2 aromatic carbocycles. The van der Waals surface area contributed by atoms with Crippen molar-refractivity contribution in [3.63, 3.8) is 0 Å². The summed E-state index contributed by atoms with van der Waals surface area (Å²) in [7, 11) is 1.63. The Hall–Kier alpha value is -3.45. The second-order valence-electron chi connectivity index (χ2n) is 7.42. The predicted octanol–water partition coefficient (Wildman–Crippen LogP) is 1.01. The summed E-state index contributed by atoms with van der Waals surface area (Å²) in [5, 5.41) is 5.28. The van der Waals surface area contributed by atoms with Crippen molar-refractivity contribution in [2.24, 2.45) is 22.4 Å². The lowest BCUT2D eigenvalue weighted by Crippen LogP contribution is -2.47. The highest BCUT2D eigenvalue weighted by atomic mass is 16.2. The van der Waals surface area contributed by atoms with Gasteiger partial charge in [0, 0.05) is 19.2 Å². The molecule has 0 heterocycles. The van der Waals surface area contributed by atoms with Crippen LogP contribution in [0, 0.1) is 5.92 Å². The number of aliphatic imine (C=N–C) groups is 1. The molecule has 0 saturated carbocycles. The van der Waals surface area contributed by atoms with Gasteiger partial charge in [0.05, 0.1) is 11.7 Å². The van der Waals surface area contributed by atoms with Gasteiger partial charge in [0.1, 0.15) is 5.84 Å². The van der Waals surface area contributed by atoms with E-state index in [1.54, 1.807) is 7.05 Å². The van der Waals surface area contributed by atoms with Gasteiger partial charge < -0.3 is 22.1 Å². The van der Waals surface area contributed by atoms with Crippen LogP contribution in [0.4, 0.5) is 0 Å². The maximum absolute atomic E-state index is 12.5. The van der Waals surface area contributed by atoms with Crippen LogP contribution in [-0.4, -0.2) is 30.7 Å². The van der Waals surface area contributed by atoms with Crippen LogP contribution in [0.5, 0.6) is 0 Å². The van der Waals surface area contributed by atoms with Gasteiger partial charge in [-0.25, -0.2) is 0 Å². The Morgan fingerprint density at radius 1 is 1.13 bits per heavy atom. The molecule has 3 rings (SSSR count). The molecule has 1 aliphatic carbocycles. The second kappa shape index (κ2) is 9.37. The van der Waals surface area contributed by atoms with E-state index in [0.717, 1.165) is 24.0 Å². The van der Waals surface area contributed by atoms with E-state index >= 15 is 0 Å². The predicted molar refractivity (Wildman–Crippen MR) is 118 cm³/mol. The molecule has 0 radical (unpaired) electrons. The molecule has 2 aromatic rings. The van der Waals surface area contributed by atoms with Crippen LogP contribution in [0.15, 0.2) is 65.8 Å². The number of nitrogens with two attached hydrogens (primary N) is 2. The van der Waals surface area contributed by atoms with E-state index in [1.165, 1.54) is 11.1 Å². The van der Waals surface area contributed by atoms with Gasteiger partial charge in [0.25, 0.3) is 5.91 Å². The normalized spacial score (nSPS) is 14.7. The molecule has 6 N–H and O–H groups in total. The van der Waals surface area contributed by atoms with Crippen LogP contribution in [0.25, 0.3) is 0 Å². The smallest absolute Gasteiger partial charge is 0.267 e. The Labute approximate surface area is 176 Å². The van der Waals surface area contributed by atoms with Gasteiger partial charge in [-0.05, 0) is 35.4 Å². The third-order valence-corrected chi connectivity index (χ3v) is 5.39. The SMILES string of the molecule is C=C(NC(=O)[C@H](N)C1Cc2ccccc2C1)C(=O)NCc1ccc(C(N)=NC)cc1. The third kappa shape index (κ3) is 4.93. The summed E-state index contributed by atoms with van der Waals surface area (Å²) >= 11 is 0. The Morgan fingerprint density at radius 2 is 1.73 bits per heavy atom. The first kappa shape index (κ1) is 21.3. The lowest BCUT2D eigenvalue weighted by Gasteiger charge is -2.19. The molecule has 1 atom stereocenters. The zero-order valence-electron chi connectivity index (χ0n) is 17.0. The molecular weight excluding hydrogens is 378 g/mol. The van der Waals surface area contributed by atoms with E-state index in [-0.39, 0.29) is 11.6 Å². The molecule has 0 aromatic heterocycles. The van der Waals surface area contributed by atoms with Gasteiger partial charge in [0.2, 0.25) is 5.91 Å². The van der Waals surface area contributed by atoms with E-state index in [4.69, 9.17) is 11.5 Å². The lowest BCUT2D eigenvalue weighted by atomic mass is 9.96. The van der Waals surface area contributed by atoms with E-state index in [0.29, 0.717) is 12.4 Å². The van der Waals surface area contributed by atoms with Crippen molar-refractivity contribution in [1.29, 1.82) is 0 Å². The van der Waals surface area contributed by atoms with Gasteiger partial charge in [0.15, 0.2) is 0 Å². The Morgan fingerprint density at radius 3 is 2.30 bits per heavy atom. The minimum absolute atomic E-state index is 0.0101. The first-order chi connectivity index (χ1) is 14.4. The molecule has 0 spiro atoms. The number of amidine groups is 1. The third-order valence-electron chi connectivity index (χ3n) is 5.39. The van der Waals surface area contributed by atoms with Gasteiger partial charge in [-0.2, -0.15) is 0 Å². The number of nitrogens with zero attached hydrogens (tertiary/aromatic N) is 1. The van der Waals surface area contributed by atoms with E-state index in [1.807, 2.05) is 36.4 Å². The minimum atomic E-state index is -0.708. The highest BCUT2D eigenvalue weighted by Gasteiger charge is 2.31. The highest BCUT2D eigenvalue weighted by Crippen LogP contribution is 2.28. The molecule has 0 unspecified atom stereocenters. The number of hydrogen-bond donors (Lipinski definition) is 4. The number of nitrogens with one attached hydrogen (secondary N) is 2. The summed E-state index contributed by atoms with van der Waals surface area (Å²) in [5.41, 5.74) is 16.0. The van der Waals surface area contributed by atoms with Gasteiger partial charge in [-0.1, -0.05) is 55.1 Å². The molecule has 2 amide bonds. The number of carbonyl (C=O) groups is 2. The zero-order chi connectivity index (χ0) is 21.7. The summed E-state index contributed by atoms with van der Waals surface area (Å²) < 4.78 is 0. The molecule has 30 heavy (non-hydrogen) atoms. The highest BCUT2D eigenvalue weighted by molar-refractivity contribution is 5.98. The average molecular weight is 406 g/mol. The Bertz CT molecular complexity index is 956. The van der Waals surface area contributed by atoms with Crippen molar-refractivity contribution >= 4 is 17.6 Å². The fourth-order valence-corrected chi connectivity index (χ4v) is 3.56. The lowest BCUT2D eigenvalue weighted by molar-refractivity contribution is -0.125. The van der Waals surface area contributed by atoms with Crippen LogP contribution in [0.1, 0.15) is 22.3 Å². The van der Waals surface area contributed by atoms with Crippen LogP contribution in [0.3, 0.4) is 0 Å². The van der Waals surface area contributed by atoms with Crippen LogP contribution in [0.2, 0.25) is 0 Å². The van der Waals surface area contributed by atoms with Crippen molar-refractivity contribution in [2.75, 3.05) is 7.05 Å². The Balaban J connectivity index is 1.48. The largest absolute Gasteiger partial charge is 0.384 e. The van der Waals surface area contributed by atoms with Crippen LogP contribution >= 0.6 is 0 Å². The van der Waals surface area contributed by atoms with Gasteiger partial charge in [-0.15, -0.1) is 0 Å². The van der Waals surface area contributed by atoms with Crippen LogP contribution < -0.4 is 22.1 Å². The number of carbonyl (C=O) groups excluding carboxylic acids is 2. The van der Waals surface area contributed by atoms with E-state index < -0.39 is 17.9 Å². The summed E-state index contributed by atoms with van der Waals surface area (Å²) in [4.78, 5) is 28.7. The number of amides is 2. The number of fused-ring (bicyclic) bond motifs is 1. The van der Waals surface area contributed by atoms with Crippen molar-refractivity contribution in [3.8, 4) is 0 Å². The fourth-order valence-electron chi connectivity index (χ4n) is 3.56. The molecule has 0 bridgehead atoms. The molecule has 7 nitrogen and oxygen atoms in total. The minimum Gasteiger partial charge on any atom is -0.384 e. The molecule has 0 saturated heterocycles. The molecule has 1 aliphatic rings. The Kier molecular flexibility index (Phi) is 6.64.